The van der Waals surface area contributed by atoms with Gasteiger partial charge in [0.05, 0.1) is 5.56 Å². The zero-order valence-corrected chi connectivity index (χ0v) is 10.6. The molecule has 1 amide bonds. The Bertz CT molecular complexity index is 431. The Labute approximate surface area is 102 Å². The lowest BCUT2D eigenvalue weighted by Crippen LogP contribution is -2.31. The molecular weight excluding hydrogens is 274 g/mol. The first-order valence-electron chi connectivity index (χ1n) is 4.67. The number of halogens is 1. The van der Waals surface area contributed by atoms with E-state index >= 15 is 0 Å². The molecule has 0 radical (unpaired) electrons. The molecule has 0 saturated carbocycles. The first-order valence-corrected chi connectivity index (χ1v) is 5.46. The van der Waals surface area contributed by atoms with Crippen LogP contribution in [0.1, 0.15) is 22.8 Å². The fraction of sp³-hybridized carbons (Fsp3) is 0.273. The highest BCUT2D eigenvalue weighted by Crippen LogP contribution is 2.27. The molecular formula is C11H12BrNO3. The highest BCUT2D eigenvalue weighted by molar-refractivity contribution is 9.10. The number of aryl methyl sites for hydroxylation is 1. The number of hydrogen-bond donors (Lipinski definition) is 1. The lowest BCUT2D eigenvalue weighted by molar-refractivity contribution is -0.124. The van der Waals surface area contributed by atoms with E-state index in [2.05, 4.69) is 15.9 Å². The van der Waals surface area contributed by atoms with Gasteiger partial charge in [-0.3, -0.25) is 9.59 Å². The van der Waals surface area contributed by atoms with Crippen LogP contribution < -0.4 is 10.5 Å². The summed E-state index contributed by atoms with van der Waals surface area (Å²) in [5, 5.41) is 0. The predicted molar refractivity (Wildman–Crippen MR) is 63.6 cm³/mol. The van der Waals surface area contributed by atoms with E-state index in [1.165, 1.54) is 0 Å². The predicted octanol–water partition coefficient (Wildman–Crippen LogP) is 1.82. The van der Waals surface area contributed by atoms with Gasteiger partial charge < -0.3 is 10.5 Å². The van der Waals surface area contributed by atoms with E-state index in [4.69, 9.17) is 10.5 Å². The molecule has 1 aromatic carbocycles. The molecule has 0 fully saturated rings. The Hall–Kier alpha value is -1.36. The van der Waals surface area contributed by atoms with Gasteiger partial charge in [0.25, 0.3) is 5.91 Å². The van der Waals surface area contributed by atoms with Gasteiger partial charge in [0.1, 0.15) is 5.75 Å². The van der Waals surface area contributed by atoms with Gasteiger partial charge in [-0.1, -0.05) is 15.9 Å². The highest BCUT2D eigenvalue weighted by atomic mass is 79.9. The molecule has 1 unspecified atom stereocenters. The number of aldehydes is 1. The summed E-state index contributed by atoms with van der Waals surface area (Å²) < 4.78 is 6.14. The first-order chi connectivity index (χ1) is 7.45. The van der Waals surface area contributed by atoms with Crippen molar-refractivity contribution in [2.75, 3.05) is 0 Å². The monoisotopic (exact) mass is 285 g/mol. The van der Waals surface area contributed by atoms with Crippen molar-refractivity contribution in [1.29, 1.82) is 0 Å². The summed E-state index contributed by atoms with van der Waals surface area (Å²) in [6, 6.07) is 3.43. The molecule has 0 spiro atoms. The highest BCUT2D eigenvalue weighted by Gasteiger charge is 2.15. The van der Waals surface area contributed by atoms with Gasteiger partial charge in [-0.2, -0.15) is 0 Å². The number of hydrogen-bond acceptors (Lipinski definition) is 3. The van der Waals surface area contributed by atoms with Crippen molar-refractivity contribution < 1.29 is 14.3 Å². The Kier molecular flexibility index (Phi) is 4.06. The van der Waals surface area contributed by atoms with Crippen molar-refractivity contribution in [2.24, 2.45) is 5.73 Å². The maximum absolute atomic E-state index is 10.9. The lowest BCUT2D eigenvalue weighted by Gasteiger charge is -2.15. The third-order valence-electron chi connectivity index (χ3n) is 2.09. The van der Waals surface area contributed by atoms with Crippen molar-refractivity contribution in [3.8, 4) is 5.75 Å². The minimum absolute atomic E-state index is 0.389. The van der Waals surface area contributed by atoms with Crippen LogP contribution in [0.5, 0.6) is 5.75 Å². The van der Waals surface area contributed by atoms with Gasteiger partial charge in [-0.05, 0) is 31.5 Å². The standard InChI is InChI=1S/C11H12BrNO3/c1-6-3-9(12)4-8(5-14)10(6)16-7(2)11(13)15/h3-5,7H,1-2H3,(H2,13,15). The quantitative estimate of drug-likeness (QED) is 0.858. The Morgan fingerprint density at radius 2 is 2.19 bits per heavy atom. The van der Waals surface area contributed by atoms with Gasteiger partial charge in [0.15, 0.2) is 12.4 Å². The smallest absolute Gasteiger partial charge is 0.258 e. The number of benzene rings is 1. The minimum atomic E-state index is -0.765. The summed E-state index contributed by atoms with van der Waals surface area (Å²) in [6.07, 6.45) is -0.0839. The van der Waals surface area contributed by atoms with Gasteiger partial charge in [0.2, 0.25) is 0 Å². The molecule has 0 saturated heterocycles. The minimum Gasteiger partial charge on any atom is -0.480 e. The normalized spacial score (nSPS) is 11.9. The van der Waals surface area contributed by atoms with Crippen molar-refractivity contribution >= 4 is 28.1 Å². The molecule has 1 rings (SSSR count). The molecule has 86 valence electrons. The molecule has 16 heavy (non-hydrogen) atoms. The average molecular weight is 286 g/mol. The third kappa shape index (κ3) is 2.82. The molecule has 0 aliphatic carbocycles. The van der Waals surface area contributed by atoms with Crippen molar-refractivity contribution in [3.63, 3.8) is 0 Å². The zero-order chi connectivity index (χ0) is 12.3. The number of amides is 1. The lowest BCUT2D eigenvalue weighted by atomic mass is 10.1. The maximum atomic E-state index is 10.9. The fourth-order valence-corrected chi connectivity index (χ4v) is 1.83. The summed E-state index contributed by atoms with van der Waals surface area (Å²) >= 11 is 3.28. The number of carbonyl (C=O) groups excluding carboxylic acids is 2. The molecule has 0 bridgehead atoms. The van der Waals surface area contributed by atoms with E-state index in [-0.39, 0.29) is 0 Å². The second-order valence-corrected chi connectivity index (χ2v) is 4.34. The van der Waals surface area contributed by atoms with Crippen LogP contribution in [0.25, 0.3) is 0 Å². The Morgan fingerprint density at radius 3 is 2.69 bits per heavy atom. The summed E-state index contributed by atoms with van der Waals surface area (Å²) in [7, 11) is 0. The average Bonchev–Trinajstić information content (AvgIpc) is 2.21. The van der Waals surface area contributed by atoms with Crippen molar-refractivity contribution in [3.05, 3.63) is 27.7 Å². The van der Waals surface area contributed by atoms with E-state index in [0.717, 1.165) is 10.0 Å². The van der Waals surface area contributed by atoms with E-state index in [1.807, 2.05) is 0 Å². The maximum Gasteiger partial charge on any atom is 0.258 e. The summed E-state index contributed by atoms with van der Waals surface area (Å²) in [5.41, 5.74) is 6.25. The fourth-order valence-electron chi connectivity index (χ4n) is 1.24. The number of ether oxygens (including phenoxy) is 1. The van der Waals surface area contributed by atoms with Crippen LogP contribution in [0.4, 0.5) is 0 Å². The summed E-state index contributed by atoms with van der Waals surface area (Å²) in [4.78, 5) is 21.7. The van der Waals surface area contributed by atoms with Gasteiger partial charge in [-0.15, -0.1) is 0 Å². The van der Waals surface area contributed by atoms with Crippen LogP contribution in [0.2, 0.25) is 0 Å². The van der Waals surface area contributed by atoms with E-state index in [9.17, 15) is 9.59 Å². The van der Waals surface area contributed by atoms with Gasteiger partial charge in [-0.25, -0.2) is 0 Å². The largest absolute Gasteiger partial charge is 0.480 e. The molecule has 0 aliphatic rings. The third-order valence-corrected chi connectivity index (χ3v) is 2.55. The van der Waals surface area contributed by atoms with Crippen LogP contribution in [0, 0.1) is 6.92 Å². The number of primary amides is 1. The van der Waals surface area contributed by atoms with Gasteiger partial charge in [0, 0.05) is 4.47 Å². The van der Waals surface area contributed by atoms with Crippen LogP contribution >= 0.6 is 15.9 Å². The number of rotatable bonds is 4. The number of nitrogens with two attached hydrogens (primary N) is 1. The molecule has 4 nitrogen and oxygen atoms in total. The van der Waals surface area contributed by atoms with Crippen LogP contribution in [0.15, 0.2) is 16.6 Å². The molecule has 0 aromatic heterocycles. The van der Waals surface area contributed by atoms with Crippen molar-refractivity contribution in [1.82, 2.24) is 0 Å². The van der Waals surface area contributed by atoms with Crippen LogP contribution in [0.3, 0.4) is 0 Å². The van der Waals surface area contributed by atoms with Crippen LogP contribution in [-0.4, -0.2) is 18.3 Å². The Morgan fingerprint density at radius 1 is 1.56 bits per heavy atom. The van der Waals surface area contributed by atoms with E-state index < -0.39 is 12.0 Å². The Balaban J connectivity index is 3.12. The molecule has 2 N–H and O–H groups in total. The summed E-state index contributed by atoms with van der Waals surface area (Å²) in [5.74, 6) is -0.177. The summed E-state index contributed by atoms with van der Waals surface area (Å²) in [6.45, 7) is 3.33. The zero-order valence-electron chi connectivity index (χ0n) is 8.99. The van der Waals surface area contributed by atoms with Crippen LogP contribution in [-0.2, 0) is 4.79 Å². The topological polar surface area (TPSA) is 69.4 Å². The molecule has 0 aliphatic heterocycles. The first kappa shape index (κ1) is 12.7. The van der Waals surface area contributed by atoms with E-state index in [1.54, 1.807) is 26.0 Å². The second-order valence-electron chi connectivity index (χ2n) is 3.42. The van der Waals surface area contributed by atoms with E-state index in [0.29, 0.717) is 17.6 Å². The molecule has 0 heterocycles. The van der Waals surface area contributed by atoms with Crippen molar-refractivity contribution in [2.45, 2.75) is 20.0 Å². The second kappa shape index (κ2) is 5.12. The molecule has 1 atom stereocenters. The molecule has 5 heteroatoms. The number of carbonyl (C=O) groups is 2. The molecule has 1 aromatic rings. The SMILES string of the molecule is Cc1cc(Br)cc(C=O)c1OC(C)C(N)=O. The van der Waals surface area contributed by atoms with Gasteiger partial charge >= 0.3 is 0 Å².